The van der Waals surface area contributed by atoms with E-state index < -0.39 is 0 Å². The van der Waals surface area contributed by atoms with E-state index in [9.17, 15) is 4.79 Å². The number of amides is 1. The van der Waals surface area contributed by atoms with Crippen molar-refractivity contribution in [1.82, 2.24) is 10.9 Å². The van der Waals surface area contributed by atoms with Crippen LogP contribution in [0.25, 0.3) is 0 Å². The minimum absolute atomic E-state index is 0.0754. The van der Waals surface area contributed by atoms with E-state index in [0.717, 1.165) is 17.3 Å². The molecule has 0 saturated heterocycles. The highest BCUT2D eigenvalue weighted by molar-refractivity contribution is 9.10. The molecule has 1 aromatic rings. The fraction of sp³-hybridized carbons (Fsp3) is 0.562. The molecule has 110 valence electrons. The average Bonchev–Trinajstić information content (AvgIpc) is 2.34. The molecule has 0 aliphatic heterocycles. The lowest BCUT2D eigenvalue weighted by Gasteiger charge is -2.39. The van der Waals surface area contributed by atoms with Gasteiger partial charge >= 0.3 is 0 Å². The highest BCUT2D eigenvalue weighted by atomic mass is 79.9. The Morgan fingerprint density at radius 3 is 2.50 bits per heavy atom. The zero-order valence-corrected chi connectivity index (χ0v) is 14.0. The Hall–Kier alpha value is -0.870. The van der Waals surface area contributed by atoms with Gasteiger partial charge in [0.1, 0.15) is 0 Å². The van der Waals surface area contributed by atoms with Gasteiger partial charge < -0.3 is 0 Å². The van der Waals surface area contributed by atoms with Crippen LogP contribution in [0.5, 0.6) is 0 Å². The van der Waals surface area contributed by atoms with E-state index in [1.807, 2.05) is 24.3 Å². The molecule has 1 aromatic carbocycles. The molecule has 0 aromatic heterocycles. The van der Waals surface area contributed by atoms with Crippen LogP contribution in [0.1, 0.15) is 50.4 Å². The van der Waals surface area contributed by atoms with Gasteiger partial charge in [-0.15, -0.1) is 0 Å². The van der Waals surface area contributed by atoms with Gasteiger partial charge in [0, 0.05) is 16.1 Å². The maximum atomic E-state index is 12.1. The third kappa shape index (κ3) is 4.32. The third-order valence-electron chi connectivity index (χ3n) is 3.88. The maximum absolute atomic E-state index is 12.1. The predicted molar refractivity (Wildman–Crippen MR) is 85.3 cm³/mol. The van der Waals surface area contributed by atoms with Crippen molar-refractivity contribution in [2.75, 3.05) is 0 Å². The number of rotatable bonds is 3. The molecule has 2 atom stereocenters. The Labute approximate surface area is 129 Å². The predicted octanol–water partition coefficient (Wildman–Crippen LogP) is 3.90. The molecule has 1 amide bonds. The summed E-state index contributed by atoms with van der Waals surface area (Å²) in [7, 11) is 0. The molecule has 20 heavy (non-hydrogen) atoms. The van der Waals surface area contributed by atoms with E-state index in [1.165, 1.54) is 6.42 Å². The molecule has 2 unspecified atom stereocenters. The van der Waals surface area contributed by atoms with Crippen molar-refractivity contribution in [3.05, 3.63) is 34.3 Å². The van der Waals surface area contributed by atoms with E-state index in [0.29, 0.717) is 22.9 Å². The van der Waals surface area contributed by atoms with Gasteiger partial charge in [-0.2, -0.15) is 0 Å². The first kappa shape index (κ1) is 15.5. The van der Waals surface area contributed by atoms with Crippen molar-refractivity contribution in [3.8, 4) is 0 Å². The Kier molecular flexibility index (Phi) is 4.86. The molecule has 0 heterocycles. The van der Waals surface area contributed by atoms with Gasteiger partial charge in [0.25, 0.3) is 5.91 Å². The summed E-state index contributed by atoms with van der Waals surface area (Å²) in [6.07, 6.45) is 3.47. The molecule has 0 radical (unpaired) electrons. The van der Waals surface area contributed by atoms with E-state index in [-0.39, 0.29) is 5.91 Å². The molecule has 1 aliphatic carbocycles. The normalized spacial score (nSPS) is 25.2. The van der Waals surface area contributed by atoms with Crippen molar-refractivity contribution in [2.45, 2.75) is 46.1 Å². The molecule has 4 heteroatoms. The van der Waals surface area contributed by atoms with Gasteiger partial charge in [0.2, 0.25) is 0 Å². The first-order chi connectivity index (χ1) is 9.35. The molecular weight excluding hydrogens is 316 g/mol. The second-order valence-electron chi connectivity index (χ2n) is 6.72. The van der Waals surface area contributed by atoms with Crippen LogP contribution in [0.2, 0.25) is 0 Å². The number of halogens is 1. The van der Waals surface area contributed by atoms with Gasteiger partial charge in [0.05, 0.1) is 0 Å². The average molecular weight is 339 g/mol. The van der Waals surface area contributed by atoms with Crippen LogP contribution in [0, 0.1) is 11.3 Å². The van der Waals surface area contributed by atoms with Gasteiger partial charge in [-0.3, -0.25) is 10.2 Å². The summed E-state index contributed by atoms with van der Waals surface area (Å²) in [5.41, 5.74) is 7.07. The SMILES string of the molecule is CC1CC(NNC(=O)c2ccc(Br)cc2)CC(C)(C)C1. The monoisotopic (exact) mass is 338 g/mol. The second kappa shape index (κ2) is 6.27. The summed E-state index contributed by atoms with van der Waals surface area (Å²) < 4.78 is 0.977. The zero-order valence-electron chi connectivity index (χ0n) is 12.4. The summed E-state index contributed by atoms with van der Waals surface area (Å²) in [5.74, 6) is 0.620. The number of hydrogen-bond acceptors (Lipinski definition) is 2. The van der Waals surface area contributed by atoms with E-state index in [2.05, 4.69) is 47.6 Å². The van der Waals surface area contributed by atoms with Crippen molar-refractivity contribution in [1.29, 1.82) is 0 Å². The fourth-order valence-electron chi connectivity index (χ4n) is 3.30. The Balaban J connectivity index is 1.88. The highest BCUT2D eigenvalue weighted by Gasteiger charge is 2.32. The summed E-state index contributed by atoms with van der Waals surface area (Å²) >= 11 is 3.37. The molecule has 1 aliphatic rings. The fourth-order valence-corrected chi connectivity index (χ4v) is 3.56. The minimum Gasteiger partial charge on any atom is -0.287 e. The highest BCUT2D eigenvalue weighted by Crippen LogP contribution is 2.38. The smallest absolute Gasteiger partial charge is 0.265 e. The van der Waals surface area contributed by atoms with Crippen molar-refractivity contribution < 1.29 is 4.79 Å². The largest absolute Gasteiger partial charge is 0.287 e. The topological polar surface area (TPSA) is 41.1 Å². The van der Waals surface area contributed by atoms with Gasteiger partial charge in [-0.1, -0.05) is 36.7 Å². The first-order valence-electron chi connectivity index (χ1n) is 7.17. The van der Waals surface area contributed by atoms with Gasteiger partial charge in [0.15, 0.2) is 0 Å². The van der Waals surface area contributed by atoms with Gasteiger partial charge in [-0.05, 0) is 54.9 Å². The molecule has 1 saturated carbocycles. The summed E-state index contributed by atoms with van der Waals surface area (Å²) in [6.45, 7) is 6.88. The molecule has 2 N–H and O–H groups in total. The summed E-state index contributed by atoms with van der Waals surface area (Å²) in [4.78, 5) is 12.1. The van der Waals surface area contributed by atoms with Crippen molar-refractivity contribution in [2.24, 2.45) is 11.3 Å². The number of carbonyl (C=O) groups excluding carboxylic acids is 1. The standard InChI is InChI=1S/C16H23BrN2O/c1-11-8-14(10-16(2,3)9-11)18-19-15(20)12-4-6-13(17)7-5-12/h4-7,11,14,18H,8-10H2,1-3H3,(H,19,20). The number of hydrogen-bond donors (Lipinski definition) is 2. The third-order valence-corrected chi connectivity index (χ3v) is 4.41. The second-order valence-corrected chi connectivity index (χ2v) is 7.63. The molecular formula is C16H23BrN2O. The van der Waals surface area contributed by atoms with Crippen molar-refractivity contribution in [3.63, 3.8) is 0 Å². The molecule has 0 bridgehead atoms. The molecule has 3 nitrogen and oxygen atoms in total. The molecule has 1 fully saturated rings. The number of hydrazine groups is 1. The lowest BCUT2D eigenvalue weighted by Crippen LogP contribution is -2.48. The quantitative estimate of drug-likeness (QED) is 0.820. The van der Waals surface area contributed by atoms with Crippen LogP contribution >= 0.6 is 15.9 Å². The summed E-state index contributed by atoms with van der Waals surface area (Å²) in [6, 6.07) is 7.73. The molecule has 0 spiro atoms. The van der Waals surface area contributed by atoms with Crippen LogP contribution in [-0.2, 0) is 0 Å². The van der Waals surface area contributed by atoms with E-state index in [4.69, 9.17) is 0 Å². The van der Waals surface area contributed by atoms with E-state index in [1.54, 1.807) is 0 Å². The molecule has 2 rings (SSSR count). The maximum Gasteiger partial charge on any atom is 0.265 e. The first-order valence-corrected chi connectivity index (χ1v) is 7.96. The van der Waals surface area contributed by atoms with Crippen molar-refractivity contribution >= 4 is 21.8 Å². The number of carbonyl (C=O) groups is 1. The van der Waals surface area contributed by atoms with Crippen LogP contribution in [0.15, 0.2) is 28.7 Å². The van der Waals surface area contributed by atoms with E-state index >= 15 is 0 Å². The Morgan fingerprint density at radius 1 is 1.25 bits per heavy atom. The Bertz CT molecular complexity index is 470. The van der Waals surface area contributed by atoms with Crippen LogP contribution < -0.4 is 10.9 Å². The van der Waals surface area contributed by atoms with Gasteiger partial charge in [-0.25, -0.2) is 5.43 Å². The minimum atomic E-state index is -0.0754. The zero-order chi connectivity index (χ0) is 14.8. The number of benzene rings is 1. The summed E-state index contributed by atoms with van der Waals surface area (Å²) in [5, 5.41) is 0. The Morgan fingerprint density at radius 2 is 1.90 bits per heavy atom. The van der Waals surface area contributed by atoms with Crippen LogP contribution in [-0.4, -0.2) is 11.9 Å². The lowest BCUT2D eigenvalue weighted by atomic mass is 9.71. The van der Waals surface area contributed by atoms with Crippen LogP contribution in [0.3, 0.4) is 0 Å². The lowest BCUT2D eigenvalue weighted by molar-refractivity contribution is 0.0883. The number of nitrogens with one attached hydrogen (secondary N) is 2. The van der Waals surface area contributed by atoms with Crippen LogP contribution in [0.4, 0.5) is 0 Å².